The van der Waals surface area contributed by atoms with E-state index in [2.05, 4.69) is 20.0 Å². The fourth-order valence-electron chi connectivity index (χ4n) is 3.82. The molecule has 9 nitrogen and oxygen atoms in total. The highest BCUT2D eigenvalue weighted by molar-refractivity contribution is 5.97. The van der Waals surface area contributed by atoms with Crippen LogP contribution in [0.25, 0.3) is 16.8 Å². The van der Waals surface area contributed by atoms with Crippen molar-refractivity contribution in [2.75, 3.05) is 38.2 Å². The molecule has 0 aliphatic carbocycles. The van der Waals surface area contributed by atoms with Gasteiger partial charge in [-0.15, -0.1) is 0 Å². The summed E-state index contributed by atoms with van der Waals surface area (Å²) in [5.74, 6) is 3.06. The van der Waals surface area contributed by atoms with Crippen molar-refractivity contribution in [2.24, 2.45) is 0 Å². The van der Waals surface area contributed by atoms with E-state index in [-0.39, 0.29) is 5.91 Å². The maximum Gasteiger partial charge on any atom is 0.289 e. The number of para-hydroxylation sites is 1. The van der Waals surface area contributed by atoms with Gasteiger partial charge in [0.15, 0.2) is 22.9 Å². The van der Waals surface area contributed by atoms with E-state index in [9.17, 15) is 4.79 Å². The van der Waals surface area contributed by atoms with Crippen LogP contribution in [0.15, 0.2) is 53.2 Å². The quantitative estimate of drug-likeness (QED) is 0.503. The smallest absolute Gasteiger partial charge is 0.289 e. The van der Waals surface area contributed by atoms with Gasteiger partial charge < -0.3 is 19.0 Å². The summed E-state index contributed by atoms with van der Waals surface area (Å²) in [6.45, 7) is 4.36. The highest BCUT2D eigenvalue weighted by atomic mass is 16.5. The fraction of sp³-hybridized carbons (Fsp3) is 0.273. The third-order valence-corrected chi connectivity index (χ3v) is 5.38. The summed E-state index contributed by atoms with van der Waals surface area (Å²) in [6, 6.07) is 11.2. The van der Waals surface area contributed by atoms with E-state index in [0.717, 1.165) is 17.0 Å². The Balaban J connectivity index is 1.31. The number of aryl methyl sites for hydroxylation is 1. The van der Waals surface area contributed by atoms with Crippen LogP contribution >= 0.6 is 0 Å². The van der Waals surface area contributed by atoms with Gasteiger partial charge in [0.05, 0.1) is 7.11 Å². The van der Waals surface area contributed by atoms with Gasteiger partial charge in [0.1, 0.15) is 11.6 Å². The Kier molecular flexibility index (Phi) is 4.78. The number of piperazine rings is 1. The summed E-state index contributed by atoms with van der Waals surface area (Å²) in [5.41, 5.74) is 0.592. The Bertz CT molecular complexity index is 1230. The van der Waals surface area contributed by atoms with Crippen LogP contribution in [0.3, 0.4) is 0 Å². The summed E-state index contributed by atoms with van der Waals surface area (Å²) in [6.07, 6.45) is 3.57. The first kappa shape index (κ1) is 19.1. The van der Waals surface area contributed by atoms with Crippen molar-refractivity contribution in [3.63, 3.8) is 0 Å². The molecule has 9 heteroatoms. The van der Waals surface area contributed by atoms with Gasteiger partial charge in [-0.2, -0.15) is 5.10 Å². The van der Waals surface area contributed by atoms with Crippen molar-refractivity contribution < 1.29 is 13.9 Å². The lowest BCUT2D eigenvalue weighted by molar-refractivity contribution is 0.0716. The molecule has 3 aromatic heterocycles. The maximum absolute atomic E-state index is 13.0. The van der Waals surface area contributed by atoms with Crippen LogP contribution in [0.1, 0.15) is 16.4 Å². The van der Waals surface area contributed by atoms with Crippen molar-refractivity contribution in [2.45, 2.75) is 6.92 Å². The van der Waals surface area contributed by atoms with Gasteiger partial charge in [0.25, 0.3) is 5.91 Å². The minimum Gasteiger partial charge on any atom is -0.493 e. The van der Waals surface area contributed by atoms with E-state index in [1.165, 1.54) is 0 Å². The van der Waals surface area contributed by atoms with Crippen molar-refractivity contribution in [3.8, 4) is 11.6 Å². The number of hydrogen-bond acceptors (Lipinski definition) is 7. The number of methoxy groups -OCH3 is 1. The number of nitrogens with zero attached hydrogens (tertiary/aromatic N) is 6. The van der Waals surface area contributed by atoms with Gasteiger partial charge in [-0.1, -0.05) is 12.1 Å². The second kappa shape index (κ2) is 7.75. The van der Waals surface area contributed by atoms with Crippen LogP contribution in [0.5, 0.6) is 5.75 Å². The van der Waals surface area contributed by atoms with Crippen LogP contribution in [-0.4, -0.2) is 63.8 Å². The number of rotatable bonds is 4. The highest BCUT2D eigenvalue weighted by Crippen LogP contribution is 2.29. The van der Waals surface area contributed by atoms with Crippen molar-refractivity contribution >= 4 is 22.7 Å². The number of hydrogen-bond donors (Lipinski definition) is 0. The second-order valence-corrected chi connectivity index (χ2v) is 7.35. The van der Waals surface area contributed by atoms with E-state index in [4.69, 9.17) is 9.15 Å². The van der Waals surface area contributed by atoms with Crippen LogP contribution in [-0.2, 0) is 0 Å². The van der Waals surface area contributed by atoms with Gasteiger partial charge in [0, 0.05) is 50.0 Å². The third kappa shape index (κ3) is 3.58. The van der Waals surface area contributed by atoms with Crippen molar-refractivity contribution in [3.05, 3.63) is 60.4 Å². The Morgan fingerprint density at radius 3 is 2.61 bits per heavy atom. The first-order chi connectivity index (χ1) is 15.1. The zero-order valence-electron chi connectivity index (χ0n) is 17.4. The van der Waals surface area contributed by atoms with E-state index >= 15 is 0 Å². The van der Waals surface area contributed by atoms with Crippen LogP contribution < -0.4 is 9.64 Å². The topological polar surface area (TPSA) is 89.5 Å². The summed E-state index contributed by atoms with van der Waals surface area (Å²) < 4.78 is 12.9. The summed E-state index contributed by atoms with van der Waals surface area (Å²) in [7, 11) is 1.59. The molecule has 1 fully saturated rings. The van der Waals surface area contributed by atoms with E-state index in [1.807, 2.05) is 48.4 Å². The Morgan fingerprint density at radius 2 is 1.87 bits per heavy atom. The molecule has 0 N–H and O–H groups in total. The van der Waals surface area contributed by atoms with Crippen molar-refractivity contribution in [1.82, 2.24) is 24.6 Å². The number of carbonyl (C=O) groups excluding carboxylic acids is 1. The first-order valence-electron chi connectivity index (χ1n) is 10.1. The van der Waals surface area contributed by atoms with E-state index in [1.54, 1.807) is 24.1 Å². The largest absolute Gasteiger partial charge is 0.493 e. The number of benzene rings is 1. The molecule has 158 valence electrons. The highest BCUT2D eigenvalue weighted by Gasteiger charge is 2.26. The monoisotopic (exact) mass is 418 g/mol. The number of furan rings is 1. The number of anilines is 1. The molecule has 0 spiro atoms. The van der Waals surface area contributed by atoms with E-state index in [0.29, 0.717) is 49.1 Å². The molecule has 0 unspecified atom stereocenters. The average molecular weight is 418 g/mol. The second-order valence-electron chi connectivity index (χ2n) is 7.35. The van der Waals surface area contributed by atoms with Crippen molar-refractivity contribution in [1.29, 1.82) is 0 Å². The molecule has 1 aliphatic heterocycles. The lowest BCUT2D eigenvalue weighted by Gasteiger charge is -2.35. The lowest BCUT2D eigenvalue weighted by atomic mass is 10.2. The van der Waals surface area contributed by atoms with Gasteiger partial charge >= 0.3 is 0 Å². The normalized spacial score (nSPS) is 14.3. The predicted octanol–water partition coefficient (Wildman–Crippen LogP) is 2.69. The number of carbonyl (C=O) groups is 1. The fourth-order valence-corrected chi connectivity index (χ4v) is 3.82. The standard InChI is InChI=1S/C22H22N6O3/c1-15-24-19(14-20(25-15)28-8-4-7-23-28)26-9-11-27(12-10-26)22(29)18-13-16-5-3-6-17(30-2)21(16)31-18/h3-8,13-14H,9-12H2,1-2H3. The molecule has 4 aromatic rings. The molecule has 31 heavy (non-hydrogen) atoms. The van der Waals surface area contributed by atoms with Crippen LogP contribution in [0.2, 0.25) is 0 Å². The molecule has 1 amide bonds. The lowest BCUT2D eigenvalue weighted by Crippen LogP contribution is -2.49. The van der Waals surface area contributed by atoms with Crippen LogP contribution in [0, 0.1) is 6.92 Å². The number of amides is 1. The predicted molar refractivity (Wildman–Crippen MR) is 115 cm³/mol. The molecular weight excluding hydrogens is 396 g/mol. The van der Waals surface area contributed by atoms with E-state index < -0.39 is 0 Å². The number of fused-ring (bicyclic) bond motifs is 1. The Morgan fingerprint density at radius 1 is 1.06 bits per heavy atom. The molecule has 5 rings (SSSR count). The maximum atomic E-state index is 13.0. The zero-order chi connectivity index (χ0) is 21.4. The van der Waals surface area contributed by atoms with Gasteiger partial charge in [-0.3, -0.25) is 4.79 Å². The third-order valence-electron chi connectivity index (χ3n) is 5.38. The Labute approximate surface area is 178 Å². The zero-order valence-corrected chi connectivity index (χ0v) is 17.4. The SMILES string of the molecule is COc1cccc2cc(C(=O)N3CCN(c4cc(-n5cccn5)nc(C)n4)CC3)oc12. The average Bonchev–Trinajstić information content (AvgIpc) is 3.48. The van der Waals surface area contributed by atoms with Gasteiger partial charge in [-0.25, -0.2) is 14.6 Å². The number of aromatic nitrogens is 4. The molecule has 1 aliphatic rings. The van der Waals surface area contributed by atoms with Gasteiger partial charge in [0.2, 0.25) is 0 Å². The molecule has 0 saturated carbocycles. The molecule has 1 aromatic carbocycles. The molecule has 0 bridgehead atoms. The summed E-state index contributed by atoms with van der Waals surface area (Å²) in [4.78, 5) is 26.0. The first-order valence-corrected chi connectivity index (χ1v) is 10.1. The minimum atomic E-state index is -0.117. The molecular formula is C22H22N6O3. The molecule has 0 atom stereocenters. The molecule has 4 heterocycles. The van der Waals surface area contributed by atoms with Crippen LogP contribution in [0.4, 0.5) is 5.82 Å². The van der Waals surface area contributed by atoms with Gasteiger partial charge in [-0.05, 0) is 25.1 Å². The summed E-state index contributed by atoms with van der Waals surface area (Å²) >= 11 is 0. The number of ether oxygens (including phenoxy) is 1. The molecule has 1 saturated heterocycles. The Hall–Kier alpha value is -3.88. The minimum absolute atomic E-state index is 0.117. The summed E-state index contributed by atoms with van der Waals surface area (Å²) in [5, 5.41) is 5.10. The molecule has 0 radical (unpaired) electrons.